The summed E-state index contributed by atoms with van der Waals surface area (Å²) in [4.78, 5) is 90.6. The number of hydrogen-bond donors (Lipinski definition) is 4. The molecule has 0 aliphatic carbocycles. The Morgan fingerprint density at radius 2 is 1.57 bits per heavy atom. The summed E-state index contributed by atoms with van der Waals surface area (Å²) >= 11 is 0. The molecule has 0 radical (unpaired) electrons. The lowest BCUT2D eigenvalue weighted by molar-refractivity contribution is -0.172. The summed E-state index contributed by atoms with van der Waals surface area (Å²) in [6.07, 6.45) is 9.21. The SMILES string of the molecule is CC#CCOc1ccc(C[C@H](NC(=O)[C@@H](C=CCCCCCCC(=O)CCCCCCC)[C@@](O)(CC(=O)O)C(=O)O)C(=O)OC(=O)N2Cc3ccccc3C2=O)cc1. The molecule has 0 spiro atoms. The Kier molecular flexibility index (Phi) is 19.3. The molecule has 14 heteroatoms. The van der Waals surface area contributed by atoms with Gasteiger partial charge in [-0.3, -0.25) is 19.2 Å². The molecule has 4 N–H and O–H groups in total. The van der Waals surface area contributed by atoms with Gasteiger partial charge in [0.2, 0.25) is 5.91 Å². The van der Waals surface area contributed by atoms with Crippen LogP contribution in [0.4, 0.5) is 4.79 Å². The summed E-state index contributed by atoms with van der Waals surface area (Å²) in [6, 6.07) is 11.1. The zero-order valence-corrected chi connectivity index (χ0v) is 33.2. The molecule has 0 unspecified atom stereocenters. The number of carboxylic acid groups (broad SMARTS) is 2. The van der Waals surface area contributed by atoms with Crippen LogP contribution in [-0.2, 0) is 41.7 Å². The number of aliphatic carboxylic acids is 2. The number of nitrogens with one attached hydrogen (secondary N) is 1. The van der Waals surface area contributed by atoms with Gasteiger partial charge in [0.15, 0.2) is 5.60 Å². The minimum absolute atomic E-state index is 0.125. The Morgan fingerprint density at radius 3 is 2.19 bits per heavy atom. The van der Waals surface area contributed by atoms with Crippen molar-refractivity contribution in [1.29, 1.82) is 0 Å². The normalized spacial score (nSPS) is 14.1. The summed E-state index contributed by atoms with van der Waals surface area (Å²) in [7, 11) is 0. The number of nitrogens with zero attached hydrogens (tertiary/aromatic N) is 1. The summed E-state index contributed by atoms with van der Waals surface area (Å²) in [5, 5.41) is 33.1. The fourth-order valence-corrected chi connectivity index (χ4v) is 6.45. The van der Waals surface area contributed by atoms with Crippen LogP contribution in [0.1, 0.15) is 119 Å². The first-order valence-corrected chi connectivity index (χ1v) is 19.7. The van der Waals surface area contributed by atoms with Crippen LogP contribution in [0.3, 0.4) is 0 Å². The highest BCUT2D eigenvalue weighted by Gasteiger charge is 2.49. The molecule has 1 aliphatic heterocycles. The van der Waals surface area contributed by atoms with Gasteiger partial charge in [0.25, 0.3) is 5.91 Å². The average Bonchev–Trinajstić information content (AvgIpc) is 3.53. The molecule has 1 heterocycles. The van der Waals surface area contributed by atoms with E-state index < -0.39 is 59.8 Å². The molecule has 0 saturated carbocycles. The van der Waals surface area contributed by atoms with Crippen LogP contribution in [0.5, 0.6) is 5.75 Å². The quantitative estimate of drug-likeness (QED) is 0.0292. The van der Waals surface area contributed by atoms with Crippen molar-refractivity contribution in [3.8, 4) is 17.6 Å². The van der Waals surface area contributed by atoms with Gasteiger partial charge in [-0.05, 0) is 61.9 Å². The van der Waals surface area contributed by atoms with Crippen molar-refractivity contribution >= 4 is 41.6 Å². The van der Waals surface area contributed by atoms with Crippen LogP contribution in [0.15, 0.2) is 60.7 Å². The number of ether oxygens (including phenoxy) is 2. The monoisotopic (exact) mass is 802 g/mol. The molecule has 2 aromatic rings. The second-order valence-corrected chi connectivity index (χ2v) is 14.2. The standard InChI is InChI=1S/C44H54N2O12/c1-3-5-7-10-13-19-33(47)20-14-11-8-9-12-15-22-36(44(56,42(53)54)29-38(48)49)39(50)45-37(28-31-23-25-34(26-24-31)57-27-6-4-2)41(52)58-43(55)46-30-32-18-16-17-21-35(32)40(46)51/h15-18,21-26,36-37,56H,3,5,7-14,19-20,27-30H2,1-2H3,(H,45,50)(H,48,49)(H,53,54)/t36-,37+,44+/m1/s1. The van der Waals surface area contributed by atoms with Crippen LogP contribution in [-0.4, -0.2) is 80.1 Å². The van der Waals surface area contributed by atoms with Gasteiger partial charge in [0, 0.05) is 24.8 Å². The molecule has 3 rings (SSSR count). The highest BCUT2D eigenvalue weighted by Crippen LogP contribution is 2.27. The molecule has 0 bridgehead atoms. The smallest absolute Gasteiger partial charge is 0.424 e. The number of amides is 3. The summed E-state index contributed by atoms with van der Waals surface area (Å²) in [5.41, 5.74) is -1.91. The van der Waals surface area contributed by atoms with Crippen molar-refractivity contribution in [3.05, 3.63) is 77.4 Å². The predicted octanol–water partition coefficient (Wildman–Crippen LogP) is 6.17. The topological polar surface area (TPSA) is 214 Å². The number of imide groups is 1. The van der Waals surface area contributed by atoms with E-state index >= 15 is 0 Å². The maximum Gasteiger partial charge on any atom is 0.424 e. The maximum atomic E-state index is 13.9. The van der Waals surface area contributed by atoms with E-state index in [9.17, 15) is 48.9 Å². The van der Waals surface area contributed by atoms with Gasteiger partial charge in [-0.2, -0.15) is 0 Å². The first-order chi connectivity index (χ1) is 27.8. The second-order valence-electron chi connectivity index (χ2n) is 14.2. The molecule has 58 heavy (non-hydrogen) atoms. The van der Waals surface area contributed by atoms with Crippen LogP contribution in [0, 0.1) is 17.8 Å². The fourth-order valence-electron chi connectivity index (χ4n) is 6.45. The molecular formula is C44H54N2O12. The van der Waals surface area contributed by atoms with Crippen LogP contribution in [0.2, 0.25) is 0 Å². The number of carboxylic acids is 2. The van der Waals surface area contributed by atoms with Crippen molar-refractivity contribution in [1.82, 2.24) is 10.2 Å². The Bertz CT molecular complexity index is 1840. The highest BCUT2D eigenvalue weighted by atomic mass is 16.6. The maximum absolute atomic E-state index is 13.9. The average molecular weight is 803 g/mol. The molecule has 312 valence electrons. The number of unbranched alkanes of at least 4 members (excludes halogenated alkanes) is 8. The molecule has 0 fully saturated rings. The Morgan fingerprint density at radius 1 is 0.914 bits per heavy atom. The first-order valence-electron chi connectivity index (χ1n) is 19.7. The number of allylic oxidation sites excluding steroid dienone is 1. The van der Waals surface area contributed by atoms with Gasteiger partial charge in [0.05, 0.1) is 18.9 Å². The van der Waals surface area contributed by atoms with E-state index in [-0.39, 0.29) is 30.9 Å². The molecule has 0 saturated heterocycles. The van der Waals surface area contributed by atoms with Crippen molar-refractivity contribution < 1.29 is 58.4 Å². The Labute approximate surface area is 339 Å². The summed E-state index contributed by atoms with van der Waals surface area (Å²) in [5.74, 6) is -2.76. The molecule has 2 aromatic carbocycles. The minimum Gasteiger partial charge on any atom is -0.481 e. The van der Waals surface area contributed by atoms with Gasteiger partial charge in [-0.1, -0.05) is 93.9 Å². The third-order valence-corrected chi connectivity index (χ3v) is 9.73. The fraction of sp³-hybridized carbons (Fsp3) is 0.477. The van der Waals surface area contributed by atoms with Crippen LogP contribution >= 0.6 is 0 Å². The summed E-state index contributed by atoms with van der Waals surface area (Å²) in [6.45, 7) is 3.76. The number of hydrogen-bond acceptors (Lipinski definition) is 10. The number of benzene rings is 2. The van der Waals surface area contributed by atoms with E-state index in [0.29, 0.717) is 42.6 Å². The van der Waals surface area contributed by atoms with Gasteiger partial charge >= 0.3 is 24.0 Å². The number of esters is 1. The highest BCUT2D eigenvalue weighted by molar-refractivity contribution is 6.08. The largest absolute Gasteiger partial charge is 0.481 e. The van der Waals surface area contributed by atoms with E-state index in [1.165, 1.54) is 18.6 Å². The van der Waals surface area contributed by atoms with Crippen LogP contribution in [0.25, 0.3) is 0 Å². The van der Waals surface area contributed by atoms with Gasteiger partial charge < -0.3 is 30.1 Å². The van der Waals surface area contributed by atoms with Crippen LogP contribution < -0.4 is 10.1 Å². The molecular weight excluding hydrogens is 748 g/mol. The molecule has 3 amide bonds. The molecule has 1 aliphatic rings. The zero-order valence-electron chi connectivity index (χ0n) is 33.2. The number of carbonyl (C=O) groups is 7. The van der Waals surface area contributed by atoms with Crippen molar-refractivity contribution in [2.24, 2.45) is 5.92 Å². The van der Waals surface area contributed by atoms with E-state index in [1.54, 1.807) is 49.4 Å². The Hall–Kier alpha value is -5.81. The van der Waals surface area contributed by atoms with Gasteiger partial charge in [-0.15, -0.1) is 5.92 Å². The van der Waals surface area contributed by atoms with E-state index in [0.717, 1.165) is 55.9 Å². The predicted molar refractivity (Wildman–Crippen MR) is 212 cm³/mol. The zero-order chi connectivity index (χ0) is 42.5. The lowest BCUT2D eigenvalue weighted by atomic mass is 9.82. The number of ketones is 1. The number of carbonyl (C=O) groups excluding carboxylic acids is 5. The number of aliphatic hydroxyl groups is 1. The number of Topliss-reactive ketones (excluding diaryl/α,β-unsaturated/α-hetero) is 1. The lowest BCUT2D eigenvalue weighted by Crippen LogP contribution is -2.55. The molecule has 0 aromatic heterocycles. The number of rotatable bonds is 25. The third kappa shape index (κ3) is 14.6. The Balaban J connectivity index is 1.76. The lowest BCUT2D eigenvalue weighted by Gasteiger charge is -2.30. The van der Waals surface area contributed by atoms with Crippen molar-refractivity contribution in [3.63, 3.8) is 0 Å². The molecule has 3 atom stereocenters. The van der Waals surface area contributed by atoms with E-state index in [1.807, 2.05) is 0 Å². The number of fused-ring (bicyclic) bond motifs is 1. The van der Waals surface area contributed by atoms with Crippen molar-refractivity contribution in [2.45, 2.75) is 122 Å². The molecule has 14 nitrogen and oxygen atoms in total. The second kappa shape index (κ2) is 24.1. The van der Waals surface area contributed by atoms with Crippen molar-refractivity contribution in [2.75, 3.05) is 6.61 Å². The van der Waals surface area contributed by atoms with Gasteiger partial charge in [-0.25, -0.2) is 19.3 Å². The van der Waals surface area contributed by atoms with E-state index in [4.69, 9.17) is 9.47 Å². The minimum atomic E-state index is -3.14. The van der Waals surface area contributed by atoms with Gasteiger partial charge in [0.1, 0.15) is 24.2 Å². The first kappa shape index (κ1) is 46.6. The summed E-state index contributed by atoms with van der Waals surface area (Å²) < 4.78 is 10.6. The third-order valence-electron chi connectivity index (χ3n) is 9.73. The van der Waals surface area contributed by atoms with E-state index in [2.05, 4.69) is 24.1 Å².